The number of aromatic nitrogens is 3. The second-order valence-corrected chi connectivity index (χ2v) is 7.68. The summed E-state index contributed by atoms with van der Waals surface area (Å²) in [5.74, 6) is 1.69. The van der Waals surface area contributed by atoms with Crippen molar-refractivity contribution in [2.45, 2.75) is 44.3 Å². The van der Waals surface area contributed by atoms with Crippen molar-refractivity contribution in [3.63, 3.8) is 0 Å². The average molecular weight is 377 g/mol. The Labute approximate surface area is 166 Å². The van der Waals surface area contributed by atoms with E-state index in [1.807, 2.05) is 55.5 Å². The van der Waals surface area contributed by atoms with Gasteiger partial charge in [-0.15, -0.1) is 0 Å². The molecule has 1 aromatic carbocycles. The molecule has 6 heteroatoms. The lowest BCUT2D eigenvalue weighted by Gasteiger charge is -2.30. The number of nitrogens with one attached hydrogen (secondary N) is 2. The number of para-hydroxylation sites is 1. The lowest BCUT2D eigenvalue weighted by molar-refractivity contribution is 0.351. The largest absolute Gasteiger partial charge is 0.362 e. The summed E-state index contributed by atoms with van der Waals surface area (Å²) in [6, 6.07) is 15.2. The number of anilines is 2. The van der Waals surface area contributed by atoms with Crippen molar-refractivity contribution in [1.82, 2.24) is 20.3 Å². The normalized spacial score (nSPS) is 19.5. The molecule has 28 heavy (non-hydrogen) atoms. The fourth-order valence-corrected chi connectivity index (χ4v) is 3.84. The van der Waals surface area contributed by atoms with Crippen LogP contribution in [0.1, 0.15) is 31.4 Å². The zero-order valence-corrected chi connectivity index (χ0v) is 16.6. The number of hydrogen-bond acceptors (Lipinski definition) is 6. The van der Waals surface area contributed by atoms with Gasteiger partial charge < -0.3 is 15.5 Å². The second kappa shape index (κ2) is 8.52. The Balaban J connectivity index is 1.36. The van der Waals surface area contributed by atoms with E-state index >= 15 is 0 Å². The standard InChI is InChI=1S/C22H28N6/c1-28(2)21-19-8-3-4-9-20(19)26-22(27-21)25-17-12-10-16(11-13-17)24-15-18-7-5-6-14-23-18/h3-9,14,16-17,24H,10-13,15H2,1-2H3,(H,25,26,27)/t16-,17+. The smallest absolute Gasteiger partial charge is 0.225 e. The number of fused-ring (bicyclic) bond motifs is 1. The van der Waals surface area contributed by atoms with E-state index in [1.54, 1.807) is 0 Å². The van der Waals surface area contributed by atoms with Gasteiger partial charge in [0.2, 0.25) is 5.95 Å². The van der Waals surface area contributed by atoms with Crippen LogP contribution < -0.4 is 15.5 Å². The first-order valence-corrected chi connectivity index (χ1v) is 10.0. The highest BCUT2D eigenvalue weighted by molar-refractivity contribution is 5.90. The minimum Gasteiger partial charge on any atom is -0.362 e. The van der Waals surface area contributed by atoms with Crippen LogP contribution in [-0.4, -0.2) is 41.1 Å². The van der Waals surface area contributed by atoms with Crippen LogP contribution in [0, 0.1) is 0 Å². The van der Waals surface area contributed by atoms with Gasteiger partial charge in [-0.3, -0.25) is 4.98 Å². The third-order valence-corrected chi connectivity index (χ3v) is 5.37. The monoisotopic (exact) mass is 376 g/mol. The van der Waals surface area contributed by atoms with Crippen LogP contribution in [0.4, 0.5) is 11.8 Å². The van der Waals surface area contributed by atoms with E-state index in [2.05, 4.69) is 27.8 Å². The molecule has 2 heterocycles. The molecule has 0 unspecified atom stereocenters. The van der Waals surface area contributed by atoms with Gasteiger partial charge in [0.05, 0.1) is 11.2 Å². The molecule has 146 valence electrons. The SMILES string of the molecule is CN(C)c1nc(N[C@H]2CC[C@@H](NCc3ccccn3)CC2)nc2ccccc12. The fourth-order valence-electron chi connectivity index (χ4n) is 3.84. The lowest BCUT2D eigenvalue weighted by atomic mass is 9.91. The summed E-state index contributed by atoms with van der Waals surface area (Å²) in [5.41, 5.74) is 2.08. The number of nitrogens with zero attached hydrogens (tertiary/aromatic N) is 4. The van der Waals surface area contributed by atoms with Crippen LogP contribution in [0.15, 0.2) is 48.7 Å². The third kappa shape index (κ3) is 4.39. The first-order valence-electron chi connectivity index (χ1n) is 10.0. The maximum atomic E-state index is 4.77. The molecule has 0 aliphatic heterocycles. The van der Waals surface area contributed by atoms with Crippen LogP contribution >= 0.6 is 0 Å². The minimum atomic E-state index is 0.420. The van der Waals surface area contributed by atoms with Gasteiger partial charge in [0.1, 0.15) is 5.82 Å². The summed E-state index contributed by atoms with van der Waals surface area (Å²) in [5, 5.41) is 8.30. The van der Waals surface area contributed by atoms with Gasteiger partial charge in [-0.2, -0.15) is 4.98 Å². The van der Waals surface area contributed by atoms with Crippen LogP contribution in [-0.2, 0) is 6.54 Å². The highest BCUT2D eigenvalue weighted by Crippen LogP contribution is 2.26. The van der Waals surface area contributed by atoms with Crippen LogP contribution in [0.25, 0.3) is 10.9 Å². The highest BCUT2D eigenvalue weighted by Gasteiger charge is 2.22. The molecule has 0 amide bonds. The van der Waals surface area contributed by atoms with Crippen molar-refractivity contribution in [1.29, 1.82) is 0 Å². The van der Waals surface area contributed by atoms with Gasteiger partial charge in [-0.05, 0) is 49.9 Å². The summed E-state index contributed by atoms with van der Waals surface area (Å²) in [6.07, 6.45) is 6.39. The second-order valence-electron chi connectivity index (χ2n) is 7.68. The Bertz CT molecular complexity index is 903. The molecule has 3 aromatic rings. The lowest BCUT2D eigenvalue weighted by Crippen LogP contribution is -2.37. The van der Waals surface area contributed by atoms with Crippen molar-refractivity contribution in [2.24, 2.45) is 0 Å². The van der Waals surface area contributed by atoms with E-state index in [9.17, 15) is 0 Å². The van der Waals surface area contributed by atoms with Gasteiger partial charge >= 0.3 is 0 Å². The molecule has 0 spiro atoms. The Hall–Kier alpha value is -2.73. The Kier molecular flexibility index (Phi) is 5.67. The quantitative estimate of drug-likeness (QED) is 0.685. The van der Waals surface area contributed by atoms with Crippen molar-refractivity contribution in [2.75, 3.05) is 24.3 Å². The van der Waals surface area contributed by atoms with Crippen LogP contribution in [0.2, 0.25) is 0 Å². The Morgan fingerprint density at radius 2 is 1.68 bits per heavy atom. The van der Waals surface area contributed by atoms with E-state index in [-0.39, 0.29) is 0 Å². The zero-order valence-electron chi connectivity index (χ0n) is 16.6. The van der Waals surface area contributed by atoms with E-state index in [0.29, 0.717) is 12.1 Å². The van der Waals surface area contributed by atoms with Gasteiger partial charge in [-0.25, -0.2) is 4.98 Å². The number of hydrogen-bond donors (Lipinski definition) is 2. The van der Waals surface area contributed by atoms with Gasteiger partial charge in [0, 0.05) is 44.3 Å². The predicted octanol–water partition coefficient (Wildman–Crippen LogP) is 3.60. The van der Waals surface area contributed by atoms with Gasteiger partial charge in [-0.1, -0.05) is 18.2 Å². The zero-order chi connectivity index (χ0) is 19.3. The van der Waals surface area contributed by atoms with Crippen molar-refractivity contribution < 1.29 is 0 Å². The minimum absolute atomic E-state index is 0.420. The maximum Gasteiger partial charge on any atom is 0.225 e. The molecular formula is C22H28N6. The van der Waals surface area contributed by atoms with E-state index < -0.39 is 0 Å². The molecule has 1 aliphatic carbocycles. The topological polar surface area (TPSA) is 66.0 Å². The maximum absolute atomic E-state index is 4.77. The summed E-state index contributed by atoms with van der Waals surface area (Å²) in [6.45, 7) is 0.837. The van der Waals surface area contributed by atoms with Crippen molar-refractivity contribution in [3.8, 4) is 0 Å². The first-order chi connectivity index (χ1) is 13.7. The summed E-state index contributed by atoms with van der Waals surface area (Å²) in [4.78, 5) is 15.9. The molecule has 1 aliphatic rings. The van der Waals surface area contributed by atoms with Crippen LogP contribution in [0.5, 0.6) is 0 Å². The average Bonchev–Trinajstić information content (AvgIpc) is 2.73. The molecule has 0 atom stereocenters. The molecule has 1 saturated carbocycles. The molecular weight excluding hydrogens is 348 g/mol. The number of pyridine rings is 1. The molecule has 4 rings (SSSR count). The first kappa shape index (κ1) is 18.6. The van der Waals surface area contributed by atoms with Crippen LogP contribution in [0.3, 0.4) is 0 Å². The molecule has 6 nitrogen and oxygen atoms in total. The Morgan fingerprint density at radius 1 is 0.929 bits per heavy atom. The highest BCUT2D eigenvalue weighted by atomic mass is 15.2. The van der Waals surface area contributed by atoms with E-state index in [0.717, 1.165) is 60.6 Å². The van der Waals surface area contributed by atoms with Gasteiger partial charge in [0.15, 0.2) is 0 Å². The van der Waals surface area contributed by atoms with E-state index in [1.165, 1.54) is 0 Å². The molecule has 1 fully saturated rings. The summed E-state index contributed by atoms with van der Waals surface area (Å²) in [7, 11) is 4.05. The van der Waals surface area contributed by atoms with Crippen molar-refractivity contribution >= 4 is 22.7 Å². The van der Waals surface area contributed by atoms with E-state index in [4.69, 9.17) is 9.97 Å². The summed E-state index contributed by atoms with van der Waals surface area (Å²) < 4.78 is 0. The Morgan fingerprint density at radius 3 is 2.43 bits per heavy atom. The summed E-state index contributed by atoms with van der Waals surface area (Å²) >= 11 is 0. The molecule has 2 N–H and O–H groups in total. The van der Waals surface area contributed by atoms with Gasteiger partial charge in [0.25, 0.3) is 0 Å². The predicted molar refractivity (Wildman–Crippen MR) is 115 cm³/mol. The molecule has 2 aromatic heterocycles. The third-order valence-electron chi connectivity index (χ3n) is 5.37. The number of benzene rings is 1. The fraction of sp³-hybridized carbons (Fsp3) is 0.409. The number of rotatable bonds is 6. The van der Waals surface area contributed by atoms with Crippen molar-refractivity contribution in [3.05, 3.63) is 54.4 Å². The molecule has 0 radical (unpaired) electrons. The molecule has 0 bridgehead atoms. The molecule has 0 saturated heterocycles.